The van der Waals surface area contributed by atoms with Gasteiger partial charge in [-0.05, 0) is 29.8 Å². The number of anilines is 1. The Morgan fingerprint density at radius 3 is 2.41 bits per heavy atom. The number of sulfonamides is 1. The maximum Gasteiger partial charge on any atom is 0.242 e. The molecule has 0 radical (unpaired) electrons. The van der Waals surface area contributed by atoms with Crippen LogP contribution in [0.3, 0.4) is 0 Å². The molecule has 1 rings (SSSR count). The SMILES string of the molecule is CS(=O)(=O)N(CC(=O)Cl)c1cc(Cl)ccc1Cl. The second-order valence-corrected chi connectivity index (χ2v) is 6.39. The van der Waals surface area contributed by atoms with Gasteiger partial charge in [0, 0.05) is 5.02 Å². The normalized spacial score (nSPS) is 11.3. The fraction of sp³-hybridized carbons (Fsp3) is 0.222. The second kappa shape index (κ2) is 5.44. The van der Waals surface area contributed by atoms with Gasteiger partial charge in [0.25, 0.3) is 0 Å². The third-order valence-corrected chi connectivity index (χ3v) is 3.65. The third-order valence-electron chi connectivity index (χ3n) is 1.85. The van der Waals surface area contributed by atoms with Crippen molar-refractivity contribution in [3.8, 4) is 0 Å². The Balaban J connectivity index is 3.31. The molecular weight excluding hydrogens is 309 g/mol. The molecule has 0 atom stereocenters. The molecule has 94 valence electrons. The van der Waals surface area contributed by atoms with Crippen LogP contribution in [0.5, 0.6) is 0 Å². The molecule has 0 saturated heterocycles. The maximum absolute atomic E-state index is 11.5. The zero-order valence-electron chi connectivity index (χ0n) is 8.65. The predicted octanol–water partition coefficient (Wildman–Crippen LogP) is 2.52. The summed E-state index contributed by atoms with van der Waals surface area (Å²) in [7, 11) is -3.67. The summed E-state index contributed by atoms with van der Waals surface area (Å²) >= 11 is 16.8. The van der Waals surface area contributed by atoms with Crippen LogP contribution >= 0.6 is 34.8 Å². The van der Waals surface area contributed by atoms with E-state index < -0.39 is 21.8 Å². The molecule has 4 nitrogen and oxygen atoms in total. The van der Waals surface area contributed by atoms with E-state index in [0.717, 1.165) is 10.6 Å². The highest BCUT2D eigenvalue weighted by atomic mass is 35.5. The van der Waals surface area contributed by atoms with Crippen molar-refractivity contribution in [2.75, 3.05) is 17.1 Å². The molecule has 0 aliphatic heterocycles. The lowest BCUT2D eigenvalue weighted by Crippen LogP contribution is -2.33. The van der Waals surface area contributed by atoms with Crippen LogP contribution in [-0.2, 0) is 14.8 Å². The van der Waals surface area contributed by atoms with E-state index in [1.54, 1.807) is 0 Å². The molecule has 0 spiro atoms. The summed E-state index contributed by atoms with van der Waals surface area (Å²) in [5.74, 6) is 0. The van der Waals surface area contributed by atoms with Gasteiger partial charge in [0.15, 0.2) is 0 Å². The molecule has 8 heteroatoms. The highest BCUT2D eigenvalue weighted by Gasteiger charge is 2.22. The van der Waals surface area contributed by atoms with Crippen molar-refractivity contribution in [2.45, 2.75) is 0 Å². The zero-order chi connectivity index (χ0) is 13.2. The number of benzene rings is 1. The van der Waals surface area contributed by atoms with Crippen molar-refractivity contribution in [3.05, 3.63) is 28.2 Å². The average Bonchev–Trinajstić information content (AvgIpc) is 2.16. The molecule has 0 saturated carbocycles. The smallest absolute Gasteiger partial charge is 0.242 e. The molecule has 0 N–H and O–H groups in total. The standard InChI is InChI=1S/C9H8Cl3NO3S/c1-17(15,16)13(5-9(12)14)8-4-6(10)2-3-7(8)11/h2-4H,5H2,1H3. The van der Waals surface area contributed by atoms with E-state index in [0.29, 0.717) is 5.02 Å². The number of halogens is 3. The highest BCUT2D eigenvalue weighted by Crippen LogP contribution is 2.30. The minimum absolute atomic E-state index is 0.121. The lowest BCUT2D eigenvalue weighted by molar-refractivity contribution is -0.110. The third kappa shape index (κ3) is 4.03. The van der Waals surface area contributed by atoms with E-state index in [2.05, 4.69) is 0 Å². The molecule has 0 fully saturated rings. The molecule has 0 heterocycles. The largest absolute Gasteiger partial charge is 0.279 e. The first-order chi connectivity index (χ1) is 7.71. The Labute approximate surface area is 114 Å². The van der Waals surface area contributed by atoms with Crippen LogP contribution in [0.2, 0.25) is 10.0 Å². The monoisotopic (exact) mass is 315 g/mol. The van der Waals surface area contributed by atoms with Crippen LogP contribution in [0.15, 0.2) is 18.2 Å². The van der Waals surface area contributed by atoms with Crippen LogP contribution in [-0.4, -0.2) is 26.5 Å². The van der Waals surface area contributed by atoms with Crippen molar-refractivity contribution >= 4 is 55.8 Å². The van der Waals surface area contributed by atoms with Gasteiger partial charge in [-0.2, -0.15) is 0 Å². The predicted molar refractivity (Wildman–Crippen MR) is 69.5 cm³/mol. The van der Waals surface area contributed by atoms with Gasteiger partial charge in [-0.1, -0.05) is 23.2 Å². The number of carbonyl (C=O) groups excluding carboxylic acids is 1. The lowest BCUT2D eigenvalue weighted by atomic mass is 10.3. The van der Waals surface area contributed by atoms with Crippen molar-refractivity contribution < 1.29 is 13.2 Å². The van der Waals surface area contributed by atoms with Gasteiger partial charge >= 0.3 is 0 Å². The fourth-order valence-corrected chi connectivity index (χ4v) is 2.66. The van der Waals surface area contributed by atoms with Gasteiger partial charge in [0.2, 0.25) is 15.3 Å². The number of nitrogens with zero attached hydrogens (tertiary/aromatic N) is 1. The molecule has 1 aromatic carbocycles. The van der Waals surface area contributed by atoms with Gasteiger partial charge in [-0.15, -0.1) is 0 Å². The molecule has 1 aromatic rings. The highest BCUT2D eigenvalue weighted by molar-refractivity contribution is 7.92. The minimum atomic E-state index is -3.67. The Hall–Kier alpha value is -0.490. The van der Waals surface area contributed by atoms with Gasteiger partial charge in [0.1, 0.15) is 6.54 Å². The van der Waals surface area contributed by atoms with Crippen molar-refractivity contribution in [3.63, 3.8) is 0 Å². The number of hydrogen-bond acceptors (Lipinski definition) is 3. The first-order valence-electron chi connectivity index (χ1n) is 4.33. The van der Waals surface area contributed by atoms with Gasteiger partial charge in [0.05, 0.1) is 17.0 Å². The van der Waals surface area contributed by atoms with Gasteiger partial charge in [-0.3, -0.25) is 9.10 Å². The maximum atomic E-state index is 11.5. The Morgan fingerprint density at radius 2 is 1.94 bits per heavy atom. The zero-order valence-corrected chi connectivity index (χ0v) is 11.7. The molecule has 0 aromatic heterocycles. The van der Waals surface area contributed by atoms with Crippen LogP contribution < -0.4 is 4.31 Å². The summed E-state index contributed by atoms with van der Waals surface area (Å²) in [4.78, 5) is 10.9. The molecule has 17 heavy (non-hydrogen) atoms. The summed E-state index contributed by atoms with van der Waals surface area (Å²) in [5, 5.41) is -0.343. The van der Waals surface area contributed by atoms with Crippen LogP contribution in [0.1, 0.15) is 0 Å². The Bertz CT molecular complexity index is 544. The number of carbonyl (C=O) groups is 1. The molecule has 0 aliphatic rings. The molecule has 0 aliphatic carbocycles. The first kappa shape index (κ1) is 14.6. The molecule has 0 amide bonds. The topological polar surface area (TPSA) is 54.5 Å². The quantitative estimate of drug-likeness (QED) is 0.802. The van der Waals surface area contributed by atoms with Gasteiger partial charge < -0.3 is 0 Å². The van der Waals surface area contributed by atoms with E-state index in [1.807, 2.05) is 0 Å². The Kier molecular flexibility index (Phi) is 4.66. The van der Waals surface area contributed by atoms with E-state index in [4.69, 9.17) is 34.8 Å². The van der Waals surface area contributed by atoms with Crippen molar-refractivity contribution in [1.82, 2.24) is 0 Å². The van der Waals surface area contributed by atoms with Crippen molar-refractivity contribution in [1.29, 1.82) is 0 Å². The Morgan fingerprint density at radius 1 is 1.35 bits per heavy atom. The lowest BCUT2D eigenvalue weighted by Gasteiger charge is -2.21. The van der Waals surface area contributed by atoms with E-state index >= 15 is 0 Å². The van der Waals surface area contributed by atoms with E-state index in [-0.39, 0.29) is 10.7 Å². The van der Waals surface area contributed by atoms with E-state index in [1.165, 1.54) is 18.2 Å². The first-order valence-corrected chi connectivity index (χ1v) is 7.31. The van der Waals surface area contributed by atoms with Crippen LogP contribution in [0, 0.1) is 0 Å². The number of hydrogen-bond donors (Lipinski definition) is 0. The molecular formula is C9H8Cl3NO3S. The molecule has 0 bridgehead atoms. The average molecular weight is 317 g/mol. The second-order valence-electron chi connectivity index (χ2n) is 3.22. The summed E-state index contributed by atoms with van der Waals surface area (Å²) in [6.45, 7) is -0.500. The van der Waals surface area contributed by atoms with Crippen LogP contribution in [0.4, 0.5) is 5.69 Å². The van der Waals surface area contributed by atoms with Crippen molar-refractivity contribution in [2.24, 2.45) is 0 Å². The molecule has 0 unspecified atom stereocenters. The summed E-state index contributed by atoms with van der Waals surface area (Å²) in [6.07, 6.45) is 0.948. The summed E-state index contributed by atoms with van der Waals surface area (Å²) in [5.41, 5.74) is 0.121. The van der Waals surface area contributed by atoms with Gasteiger partial charge in [-0.25, -0.2) is 8.42 Å². The minimum Gasteiger partial charge on any atom is -0.279 e. The summed E-state index contributed by atoms with van der Waals surface area (Å²) in [6, 6.07) is 4.30. The van der Waals surface area contributed by atoms with Crippen LogP contribution in [0.25, 0.3) is 0 Å². The fourth-order valence-electron chi connectivity index (χ4n) is 1.17. The number of rotatable bonds is 4. The van der Waals surface area contributed by atoms with E-state index in [9.17, 15) is 13.2 Å². The summed E-state index contributed by atoms with van der Waals surface area (Å²) < 4.78 is 23.9.